The van der Waals surface area contributed by atoms with Gasteiger partial charge in [-0.3, -0.25) is 9.69 Å². The third-order valence-corrected chi connectivity index (χ3v) is 6.50. The van der Waals surface area contributed by atoms with Crippen LogP contribution in [-0.4, -0.2) is 53.9 Å². The number of carbonyl (C=O) groups excluding carboxylic acids is 1. The first-order valence-electron chi connectivity index (χ1n) is 11.5. The van der Waals surface area contributed by atoms with E-state index in [4.69, 9.17) is 9.97 Å². The number of benzene rings is 2. The number of nitrogens with one attached hydrogen (secondary N) is 1. The fourth-order valence-corrected chi connectivity index (χ4v) is 4.90. The molecular weight excluding hydrogens is 398 g/mol. The topological polar surface area (TPSA) is 61.4 Å². The standard InChI is InChI=1S/C26H29N5O/c1-27-25-23-21(13-8-14-22(23)32)28-26(29-25)31-17-15-30(16-18-31)24(19-9-4-2-5-10-19)20-11-6-3-7-12-20/h2-7,9-12,24H,8,13-18H2,1H3,(H,27,28,29). The molecule has 1 aliphatic heterocycles. The maximum absolute atomic E-state index is 12.4. The molecule has 6 heteroatoms. The van der Waals surface area contributed by atoms with Gasteiger partial charge in [0.1, 0.15) is 5.82 Å². The molecule has 1 aromatic heterocycles. The van der Waals surface area contributed by atoms with Gasteiger partial charge in [-0.25, -0.2) is 4.98 Å². The first-order valence-corrected chi connectivity index (χ1v) is 11.5. The number of piperazine rings is 1. The van der Waals surface area contributed by atoms with Crippen LogP contribution >= 0.6 is 0 Å². The summed E-state index contributed by atoms with van der Waals surface area (Å²) in [4.78, 5) is 26.7. The summed E-state index contributed by atoms with van der Waals surface area (Å²) in [6.45, 7) is 3.55. The van der Waals surface area contributed by atoms with Crippen molar-refractivity contribution in [1.29, 1.82) is 0 Å². The lowest BCUT2D eigenvalue weighted by molar-refractivity contribution is 0.0972. The number of nitrogens with zero attached hydrogens (tertiary/aromatic N) is 4. The minimum absolute atomic E-state index is 0.153. The molecule has 1 saturated heterocycles. The van der Waals surface area contributed by atoms with E-state index in [9.17, 15) is 4.79 Å². The SMILES string of the molecule is CNc1nc(N2CCN(C(c3ccccc3)c3ccccc3)CC2)nc2c1C(=O)CCC2. The summed E-state index contributed by atoms with van der Waals surface area (Å²) >= 11 is 0. The molecule has 1 N–H and O–H groups in total. The molecule has 1 aliphatic carbocycles. The summed E-state index contributed by atoms with van der Waals surface area (Å²) in [5.41, 5.74) is 4.21. The van der Waals surface area contributed by atoms with Crippen molar-refractivity contribution in [2.24, 2.45) is 0 Å². The van der Waals surface area contributed by atoms with Crippen LogP contribution in [0.1, 0.15) is 46.1 Å². The molecule has 32 heavy (non-hydrogen) atoms. The molecule has 2 aromatic carbocycles. The fraction of sp³-hybridized carbons (Fsp3) is 0.346. The van der Waals surface area contributed by atoms with E-state index in [0.29, 0.717) is 17.8 Å². The minimum Gasteiger partial charge on any atom is -0.372 e. The third kappa shape index (κ3) is 3.98. The van der Waals surface area contributed by atoms with Crippen LogP contribution in [0.25, 0.3) is 0 Å². The van der Waals surface area contributed by atoms with Gasteiger partial charge in [0.05, 0.1) is 17.3 Å². The Hall–Kier alpha value is -3.25. The Balaban J connectivity index is 1.38. The highest BCUT2D eigenvalue weighted by Gasteiger charge is 2.29. The average Bonchev–Trinajstić information content (AvgIpc) is 2.85. The van der Waals surface area contributed by atoms with Crippen LogP contribution in [0.15, 0.2) is 60.7 Å². The lowest BCUT2D eigenvalue weighted by atomic mass is 9.95. The molecule has 0 spiro atoms. The van der Waals surface area contributed by atoms with E-state index in [0.717, 1.165) is 50.7 Å². The summed E-state index contributed by atoms with van der Waals surface area (Å²) < 4.78 is 0. The van der Waals surface area contributed by atoms with Crippen molar-refractivity contribution in [2.45, 2.75) is 25.3 Å². The van der Waals surface area contributed by atoms with Crippen LogP contribution in [0.4, 0.5) is 11.8 Å². The minimum atomic E-state index is 0.153. The molecule has 164 valence electrons. The molecule has 0 saturated carbocycles. The van der Waals surface area contributed by atoms with Gasteiger partial charge >= 0.3 is 0 Å². The molecule has 0 unspecified atom stereocenters. The van der Waals surface area contributed by atoms with Gasteiger partial charge in [0.2, 0.25) is 5.95 Å². The molecule has 0 amide bonds. The number of ketones is 1. The van der Waals surface area contributed by atoms with Crippen molar-refractivity contribution >= 4 is 17.5 Å². The first kappa shape index (κ1) is 20.6. The summed E-state index contributed by atoms with van der Waals surface area (Å²) in [6, 6.07) is 21.7. The molecular formula is C26H29N5O. The Kier molecular flexibility index (Phi) is 5.86. The average molecular weight is 428 g/mol. The summed E-state index contributed by atoms with van der Waals surface area (Å²) in [5, 5.41) is 3.13. The van der Waals surface area contributed by atoms with Gasteiger partial charge in [-0.05, 0) is 24.0 Å². The Morgan fingerprint density at radius 3 is 2.06 bits per heavy atom. The number of fused-ring (bicyclic) bond motifs is 1. The van der Waals surface area contributed by atoms with Crippen molar-refractivity contribution in [2.75, 3.05) is 43.4 Å². The second kappa shape index (κ2) is 9.09. The van der Waals surface area contributed by atoms with E-state index in [1.165, 1.54) is 11.1 Å². The molecule has 0 atom stereocenters. The highest BCUT2D eigenvalue weighted by atomic mass is 16.1. The van der Waals surface area contributed by atoms with E-state index in [1.807, 2.05) is 7.05 Å². The highest BCUT2D eigenvalue weighted by Crippen LogP contribution is 2.31. The number of hydrogen-bond donors (Lipinski definition) is 1. The lowest BCUT2D eigenvalue weighted by Crippen LogP contribution is -2.48. The fourth-order valence-electron chi connectivity index (χ4n) is 4.90. The number of Topliss-reactive ketones (excluding diaryl/α,β-unsaturated/α-hetero) is 1. The van der Waals surface area contributed by atoms with Crippen molar-refractivity contribution in [3.63, 3.8) is 0 Å². The summed E-state index contributed by atoms with van der Waals surface area (Å²) in [5.74, 6) is 1.56. The Bertz CT molecular complexity index is 1020. The van der Waals surface area contributed by atoms with Crippen molar-refractivity contribution in [3.8, 4) is 0 Å². The molecule has 2 heterocycles. The van der Waals surface area contributed by atoms with Crippen molar-refractivity contribution in [1.82, 2.24) is 14.9 Å². The number of anilines is 2. The second-order valence-electron chi connectivity index (χ2n) is 8.47. The Morgan fingerprint density at radius 2 is 1.47 bits per heavy atom. The second-order valence-corrected chi connectivity index (χ2v) is 8.47. The van der Waals surface area contributed by atoms with Crippen LogP contribution in [0.3, 0.4) is 0 Å². The van der Waals surface area contributed by atoms with Crippen LogP contribution in [0.2, 0.25) is 0 Å². The molecule has 6 nitrogen and oxygen atoms in total. The third-order valence-electron chi connectivity index (χ3n) is 6.50. The maximum atomic E-state index is 12.4. The first-order chi connectivity index (χ1) is 15.7. The molecule has 5 rings (SSSR count). The van der Waals surface area contributed by atoms with Gasteiger partial charge < -0.3 is 10.2 Å². The van der Waals surface area contributed by atoms with Gasteiger partial charge in [-0.2, -0.15) is 4.98 Å². The quantitative estimate of drug-likeness (QED) is 0.665. The number of carbonyl (C=O) groups is 1. The molecule has 2 aliphatic rings. The lowest BCUT2D eigenvalue weighted by Gasteiger charge is -2.40. The van der Waals surface area contributed by atoms with E-state index in [-0.39, 0.29) is 11.8 Å². The molecule has 1 fully saturated rings. The maximum Gasteiger partial charge on any atom is 0.227 e. The largest absolute Gasteiger partial charge is 0.372 e. The van der Waals surface area contributed by atoms with E-state index >= 15 is 0 Å². The smallest absolute Gasteiger partial charge is 0.227 e. The normalized spacial score (nSPS) is 16.8. The Morgan fingerprint density at radius 1 is 0.844 bits per heavy atom. The van der Waals surface area contributed by atoms with E-state index in [2.05, 4.69) is 75.8 Å². The van der Waals surface area contributed by atoms with Crippen LogP contribution in [0, 0.1) is 0 Å². The van der Waals surface area contributed by atoms with Crippen LogP contribution < -0.4 is 10.2 Å². The highest BCUT2D eigenvalue weighted by molar-refractivity contribution is 6.02. The van der Waals surface area contributed by atoms with Gasteiger partial charge in [0.25, 0.3) is 0 Å². The van der Waals surface area contributed by atoms with E-state index < -0.39 is 0 Å². The number of aromatic nitrogens is 2. The zero-order valence-electron chi connectivity index (χ0n) is 18.5. The van der Waals surface area contributed by atoms with E-state index in [1.54, 1.807) is 0 Å². The van der Waals surface area contributed by atoms with Gasteiger partial charge in [-0.15, -0.1) is 0 Å². The number of aryl methyl sites for hydroxylation is 1. The number of hydrogen-bond acceptors (Lipinski definition) is 6. The van der Waals surface area contributed by atoms with Gasteiger partial charge in [-0.1, -0.05) is 60.7 Å². The zero-order chi connectivity index (χ0) is 21.9. The zero-order valence-corrected chi connectivity index (χ0v) is 18.5. The molecule has 3 aromatic rings. The Labute approximate surface area is 189 Å². The predicted molar refractivity (Wildman–Crippen MR) is 127 cm³/mol. The molecule has 0 bridgehead atoms. The summed E-state index contributed by atoms with van der Waals surface area (Å²) in [7, 11) is 1.83. The van der Waals surface area contributed by atoms with Gasteiger partial charge in [0.15, 0.2) is 5.78 Å². The summed E-state index contributed by atoms with van der Waals surface area (Å²) in [6.07, 6.45) is 2.30. The van der Waals surface area contributed by atoms with Crippen LogP contribution in [-0.2, 0) is 6.42 Å². The molecule has 0 radical (unpaired) electrons. The van der Waals surface area contributed by atoms with Crippen molar-refractivity contribution < 1.29 is 4.79 Å². The van der Waals surface area contributed by atoms with Gasteiger partial charge in [0, 0.05) is 39.6 Å². The number of rotatable bonds is 5. The predicted octanol–water partition coefficient (Wildman–Crippen LogP) is 3.95. The van der Waals surface area contributed by atoms with Crippen LogP contribution in [0.5, 0.6) is 0 Å². The van der Waals surface area contributed by atoms with Crippen molar-refractivity contribution in [3.05, 3.63) is 83.0 Å². The monoisotopic (exact) mass is 427 g/mol.